The zero-order valence-electron chi connectivity index (χ0n) is 19.2. The van der Waals surface area contributed by atoms with Crippen LogP contribution >= 0.6 is 0 Å². The number of aromatic nitrogens is 3. The van der Waals surface area contributed by atoms with Crippen molar-refractivity contribution in [2.45, 2.75) is 37.8 Å². The van der Waals surface area contributed by atoms with Gasteiger partial charge in [0.2, 0.25) is 0 Å². The molecule has 0 radical (unpaired) electrons. The molecule has 1 aliphatic carbocycles. The third-order valence-electron chi connectivity index (χ3n) is 7.32. The van der Waals surface area contributed by atoms with Crippen LogP contribution in [0.2, 0.25) is 0 Å². The SMILES string of the molecule is Cn1ccc(-c2ccc(-c3cc4c(nn3)C(C3C[C@H]5COC[C@H](C3)N5)=CCC4)c(O)c2)cc1=O. The first kappa shape index (κ1) is 21.3. The first-order valence-electron chi connectivity index (χ1n) is 12.0. The Morgan fingerprint density at radius 2 is 1.85 bits per heavy atom. The van der Waals surface area contributed by atoms with E-state index in [1.54, 1.807) is 25.4 Å². The van der Waals surface area contributed by atoms with E-state index in [0.717, 1.165) is 55.7 Å². The number of fused-ring (bicyclic) bond motifs is 3. The van der Waals surface area contributed by atoms with Crippen LogP contribution in [0.25, 0.3) is 28.0 Å². The summed E-state index contributed by atoms with van der Waals surface area (Å²) >= 11 is 0. The summed E-state index contributed by atoms with van der Waals surface area (Å²) < 4.78 is 7.24. The number of piperidine rings is 1. The molecule has 1 aromatic carbocycles. The van der Waals surface area contributed by atoms with Crippen LogP contribution in [-0.4, -0.2) is 45.2 Å². The maximum atomic E-state index is 12.0. The topological polar surface area (TPSA) is 89.3 Å². The molecule has 174 valence electrons. The summed E-state index contributed by atoms with van der Waals surface area (Å²) in [5.74, 6) is 0.607. The molecule has 3 aromatic rings. The van der Waals surface area contributed by atoms with Gasteiger partial charge in [-0.1, -0.05) is 12.1 Å². The molecule has 34 heavy (non-hydrogen) atoms. The Morgan fingerprint density at radius 1 is 1.06 bits per heavy atom. The highest BCUT2D eigenvalue weighted by molar-refractivity contribution is 5.76. The van der Waals surface area contributed by atoms with E-state index in [2.05, 4.69) is 27.7 Å². The van der Waals surface area contributed by atoms with Gasteiger partial charge in [0, 0.05) is 37.0 Å². The molecule has 0 unspecified atom stereocenters. The number of rotatable bonds is 3. The second kappa shape index (κ2) is 8.49. The average Bonchev–Trinajstić information content (AvgIpc) is 2.84. The minimum absolute atomic E-state index is 0.0876. The number of nitrogens with zero attached hydrogens (tertiary/aromatic N) is 3. The van der Waals surface area contributed by atoms with Gasteiger partial charge in [0.05, 0.1) is 24.6 Å². The van der Waals surface area contributed by atoms with Crippen molar-refractivity contribution in [1.82, 2.24) is 20.1 Å². The summed E-state index contributed by atoms with van der Waals surface area (Å²) in [5.41, 5.74) is 6.31. The smallest absolute Gasteiger partial charge is 0.250 e. The number of phenols is 1. The average molecular weight is 457 g/mol. The lowest BCUT2D eigenvalue weighted by molar-refractivity contribution is 0.0154. The molecule has 2 fully saturated rings. The van der Waals surface area contributed by atoms with Crippen molar-refractivity contribution < 1.29 is 9.84 Å². The number of morpholine rings is 1. The fourth-order valence-corrected chi connectivity index (χ4v) is 5.58. The molecular weight excluding hydrogens is 428 g/mol. The van der Waals surface area contributed by atoms with Crippen LogP contribution in [0.5, 0.6) is 5.75 Å². The van der Waals surface area contributed by atoms with Gasteiger partial charge < -0.3 is 19.7 Å². The quantitative estimate of drug-likeness (QED) is 0.629. The van der Waals surface area contributed by atoms with Gasteiger partial charge >= 0.3 is 0 Å². The first-order valence-corrected chi connectivity index (χ1v) is 12.0. The highest BCUT2D eigenvalue weighted by Gasteiger charge is 2.35. The molecule has 0 amide bonds. The van der Waals surface area contributed by atoms with E-state index in [9.17, 15) is 9.90 Å². The number of hydrogen-bond donors (Lipinski definition) is 2. The Hall–Kier alpha value is -3.29. The summed E-state index contributed by atoms with van der Waals surface area (Å²) in [6, 6.07) is 11.8. The standard InChI is InChI=1S/C27H28N4O3/c1-31-8-7-17(13-26(31)33)16-5-6-23(25(32)12-16)24-11-18-3-2-4-22(27(18)30-29-24)19-9-20-14-34-15-21(10-19)28-20/h4-8,11-13,19-21,28,32H,2-3,9-10,14-15H2,1H3/t20-,21-/m0/s1. The summed E-state index contributed by atoms with van der Waals surface area (Å²) in [6.07, 6.45) is 8.13. The Bertz CT molecular complexity index is 1330. The van der Waals surface area contributed by atoms with Gasteiger partial charge in [0.25, 0.3) is 5.56 Å². The molecule has 3 aliphatic rings. The van der Waals surface area contributed by atoms with Gasteiger partial charge in [-0.05, 0) is 78.1 Å². The fraction of sp³-hybridized carbons (Fsp3) is 0.370. The molecule has 6 rings (SSSR count). The maximum absolute atomic E-state index is 12.0. The van der Waals surface area contributed by atoms with Gasteiger partial charge in [-0.3, -0.25) is 4.79 Å². The molecule has 0 spiro atoms. The number of nitrogens with one attached hydrogen (secondary N) is 1. The van der Waals surface area contributed by atoms with Crippen molar-refractivity contribution in [1.29, 1.82) is 0 Å². The van der Waals surface area contributed by atoms with Crippen LogP contribution in [0, 0.1) is 5.92 Å². The van der Waals surface area contributed by atoms with Gasteiger partial charge in [-0.2, -0.15) is 0 Å². The van der Waals surface area contributed by atoms with Crippen molar-refractivity contribution in [3.8, 4) is 28.1 Å². The van der Waals surface area contributed by atoms with Crippen LogP contribution < -0.4 is 10.9 Å². The van der Waals surface area contributed by atoms with E-state index in [4.69, 9.17) is 4.74 Å². The monoisotopic (exact) mass is 456 g/mol. The summed E-state index contributed by atoms with van der Waals surface area (Å²) in [7, 11) is 1.72. The van der Waals surface area contributed by atoms with Crippen LogP contribution in [0.1, 0.15) is 30.5 Å². The molecule has 2 aliphatic heterocycles. The highest BCUT2D eigenvalue weighted by Crippen LogP contribution is 2.39. The molecular formula is C27H28N4O3. The van der Waals surface area contributed by atoms with E-state index in [1.165, 1.54) is 15.7 Å². The minimum Gasteiger partial charge on any atom is -0.507 e. The minimum atomic E-state index is -0.0876. The number of hydrogen-bond acceptors (Lipinski definition) is 6. The number of phenolic OH excluding ortho intramolecular Hbond substituents is 1. The van der Waals surface area contributed by atoms with Crippen LogP contribution in [0.15, 0.2) is 53.5 Å². The zero-order valence-corrected chi connectivity index (χ0v) is 19.2. The Labute approximate surface area is 198 Å². The van der Waals surface area contributed by atoms with E-state index in [-0.39, 0.29) is 11.3 Å². The third kappa shape index (κ3) is 3.85. The normalized spacial score (nSPS) is 23.8. The van der Waals surface area contributed by atoms with Crippen molar-refractivity contribution in [2.24, 2.45) is 13.0 Å². The predicted molar refractivity (Wildman–Crippen MR) is 130 cm³/mol. The Morgan fingerprint density at radius 3 is 2.62 bits per heavy atom. The van der Waals surface area contributed by atoms with Crippen molar-refractivity contribution in [3.05, 3.63) is 70.3 Å². The molecule has 2 atom stereocenters. The number of pyridine rings is 1. The number of allylic oxidation sites excluding steroid dienone is 2. The molecule has 2 aromatic heterocycles. The van der Waals surface area contributed by atoms with Gasteiger partial charge in [0.15, 0.2) is 0 Å². The molecule has 2 N–H and O–H groups in total. The number of aromatic hydroxyl groups is 1. The second-order valence-electron chi connectivity index (χ2n) is 9.66. The zero-order chi connectivity index (χ0) is 23.2. The van der Waals surface area contributed by atoms with Crippen LogP contribution in [0.4, 0.5) is 0 Å². The Kier molecular flexibility index (Phi) is 5.31. The van der Waals surface area contributed by atoms with Gasteiger partial charge in [-0.15, -0.1) is 10.2 Å². The summed E-state index contributed by atoms with van der Waals surface area (Å²) in [5, 5.41) is 23.7. The van der Waals surface area contributed by atoms with E-state index >= 15 is 0 Å². The maximum Gasteiger partial charge on any atom is 0.250 e. The highest BCUT2D eigenvalue weighted by atomic mass is 16.5. The third-order valence-corrected chi connectivity index (χ3v) is 7.32. The predicted octanol–water partition coefficient (Wildman–Crippen LogP) is 3.31. The molecule has 0 saturated carbocycles. The van der Waals surface area contributed by atoms with E-state index in [1.807, 2.05) is 18.2 Å². The lowest BCUT2D eigenvalue weighted by atomic mass is 9.77. The lowest BCUT2D eigenvalue weighted by Gasteiger charge is -2.41. The number of ether oxygens (including phenoxy) is 1. The van der Waals surface area contributed by atoms with Gasteiger partial charge in [-0.25, -0.2) is 0 Å². The molecule has 7 nitrogen and oxygen atoms in total. The summed E-state index contributed by atoms with van der Waals surface area (Å²) in [6.45, 7) is 1.56. The number of aryl methyl sites for hydroxylation is 2. The largest absolute Gasteiger partial charge is 0.507 e. The van der Waals surface area contributed by atoms with Crippen molar-refractivity contribution in [2.75, 3.05) is 13.2 Å². The first-order chi connectivity index (χ1) is 16.5. The van der Waals surface area contributed by atoms with E-state index < -0.39 is 0 Å². The molecule has 4 heterocycles. The van der Waals surface area contributed by atoms with Crippen molar-refractivity contribution in [3.63, 3.8) is 0 Å². The van der Waals surface area contributed by atoms with Gasteiger partial charge in [0.1, 0.15) is 5.75 Å². The second-order valence-corrected chi connectivity index (χ2v) is 9.66. The van der Waals surface area contributed by atoms with Crippen LogP contribution in [0.3, 0.4) is 0 Å². The fourth-order valence-electron chi connectivity index (χ4n) is 5.58. The lowest BCUT2D eigenvalue weighted by Crippen LogP contribution is -2.54. The number of benzene rings is 1. The molecule has 2 saturated heterocycles. The summed E-state index contributed by atoms with van der Waals surface area (Å²) in [4.78, 5) is 12.0. The van der Waals surface area contributed by atoms with Crippen LogP contribution in [-0.2, 0) is 18.2 Å². The Balaban J connectivity index is 1.29. The molecule has 7 heteroatoms. The van der Waals surface area contributed by atoms with E-state index in [0.29, 0.717) is 29.3 Å². The van der Waals surface area contributed by atoms with Crippen molar-refractivity contribution >= 4 is 5.57 Å². The molecule has 2 bridgehead atoms.